The number of aryl methyl sites for hydroxylation is 1. The number of carbonyl (C=O) groups is 1. The van der Waals surface area contributed by atoms with Crippen LogP contribution in [0.1, 0.15) is 44.9 Å². The van der Waals surface area contributed by atoms with Gasteiger partial charge in [-0.25, -0.2) is 0 Å². The van der Waals surface area contributed by atoms with Gasteiger partial charge in [-0.15, -0.1) is 0 Å². The zero-order valence-electron chi connectivity index (χ0n) is 16.4. The third-order valence-corrected chi connectivity index (χ3v) is 4.60. The summed E-state index contributed by atoms with van der Waals surface area (Å²) in [6.45, 7) is 8.37. The number of benzene rings is 2. The van der Waals surface area contributed by atoms with E-state index in [4.69, 9.17) is 4.74 Å². The largest absolute Gasteiger partial charge is 0.495 e. The van der Waals surface area contributed by atoms with E-state index >= 15 is 0 Å². The molecule has 4 heteroatoms. The fourth-order valence-corrected chi connectivity index (χ4v) is 2.97. The van der Waals surface area contributed by atoms with Crippen molar-refractivity contribution in [2.75, 3.05) is 12.4 Å². The molecule has 0 radical (unpaired) electrons. The molecule has 2 rings (SSSR count). The minimum absolute atomic E-state index is 0.0784. The topological polar surface area (TPSA) is 50.4 Å². The summed E-state index contributed by atoms with van der Waals surface area (Å²) in [4.78, 5) is 12.6. The van der Waals surface area contributed by atoms with Crippen LogP contribution in [0.3, 0.4) is 0 Å². The Hall–Kier alpha value is -2.33. The van der Waals surface area contributed by atoms with Gasteiger partial charge in [-0.2, -0.15) is 0 Å². The van der Waals surface area contributed by atoms with Crippen molar-refractivity contribution >= 4 is 11.6 Å². The molecule has 0 heterocycles. The van der Waals surface area contributed by atoms with Crippen LogP contribution in [0.4, 0.5) is 5.69 Å². The van der Waals surface area contributed by atoms with Crippen LogP contribution in [0.5, 0.6) is 5.75 Å². The van der Waals surface area contributed by atoms with E-state index in [-0.39, 0.29) is 18.0 Å². The van der Waals surface area contributed by atoms with Gasteiger partial charge in [-0.1, -0.05) is 57.2 Å². The predicted octanol–water partition coefficient (Wildman–Crippen LogP) is 4.57. The summed E-state index contributed by atoms with van der Waals surface area (Å²) in [5.41, 5.74) is 3.20. The monoisotopic (exact) mass is 354 g/mol. The van der Waals surface area contributed by atoms with Crippen LogP contribution in [-0.4, -0.2) is 19.1 Å². The SMILES string of the molecule is CCc1ccc([C@@H](N[C@H](C)C(=O)Nc2ccccc2OC)C(C)C)cc1. The van der Waals surface area contributed by atoms with Gasteiger partial charge in [-0.05, 0) is 42.5 Å². The van der Waals surface area contributed by atoms with Crippen molar-refractivity contribution < 1.29 is 9.53 Å². The fraction of sp³-hybridized carbons (Fsp3) is 0.409. The molecule has 4 nitrogen and oxygen atoms in total. The lowest BCUT2D eigenvalue weighted by Crippen LogP contribution is -2.41. The average Bonchev–Trinajstić information content (AvgIpc) is 2.66. The van der Waals surface area contributed by atoms with Crippen molar-refractivity contribution in [3.05, 3.63) is 59.7 Å². The number of para-hydroxylation sites is 2. The van der Waals surface area contributed by atoms with E-state index in [1.807, 2.05) is 31.2 Å². The number of methoxy groups -OCH3 is 1. The quantitative estimate of drug-likeness (QED) is 0.730. The molecule has 0 unspecified atom stereocenters. The van der Waals surface area contributed by atoms with Crippen LogP contribution in [0.2, 0.25) is 0 Å². The van der Waals surface area contributed by atoms with Crippen LogP contribution in [0, 0.1) is 5.92 Å². The van der Waals surface area contributed by atoms with E-state index in [0.29, 0.717) is 17.4 Å². The Bertz CT molecular complexity index is 710. The normalized spacial score (nSPS) is 13.3. The fourth-order valence-electron chi connectivity index (χ4n) is 2.97. The van der Waals surface area contributed by atoms with Crippen molar-refractivity contribution in [3.8, 4) is 5.75 Å². The molecule has 0 bridgehead atoms. The Kier molecular flexibility index (Phi) is 7.22. The van der Waals surface area contributed by atoms with E-state index in [2.05, 4.69) is 55.7 Å². The Balaban J connectivity index is 2.08. The number of hydrogen-bond acceptors (Lipinski definition) is 3. The van der Waals surface area contributed by atoms with Gasteiger partial charge in [0.05, 0.1) is 18.8 Å². The number of amides is 1. The number of hydrogen-bond donors (Lipinski definition) is 2. The highest BCUT2D eigenvalue weighted by atomic mass is 16.5. The first kappa shape index (κ1) is 20.0. The summed E-state index contributed by atoms with van der Waals surface area (Å²) >= 11 is 0. The lowest BCUT2D eigenvalue weighted by Gasteiger charge is -2.27. The summed E-state index contributed by atoms with van der Waals surface area (Å²) in [6.07, 6.45) is 1.03. The van der Waals surface area contributed by atoms with Gasteiger partial charge in [0, 0.05) is 6.04 Å². The second kappa shape index (κ2) is 9.39. The molecule has 0 spiro atoms. The van der Waals surface area contributed by atoms with Crippen molar-refractivity contribution in [3.63, 3.8) is 0 Å². The molecule has 0 aliphatic carbocycles. The highest BCUT2D eigenvalue weighted by molar-refractivity contribution is 5.95. The zero-order chi connectivity index (χ0) is 19.1. The molecule has 2 aromatic rings. The Morgan fingerprint density at radius 3 is 2.27 bits per heavy atom. The first-order valence-electron chi connectivity index (χ1n) is 9.25. The Morgan fingerprint density at radius 2 is 1.69 bits per heavy atom. The molecule has 0 aliphatic heterocycles. The number of nitrogens with one attached hydrogen (secondary N) is 2. The average molecular weight is 354 g/mol. The first-order chi connectivity index (χ1) is 12.5. The maximum absolute atomic E-state index is 12.6. The lowest BCUT2D eigenvalue weighted by molar-refractivity contribution is -0.118. The van der Waals surface area contributed by atoms with E-state index in [0.717, 1.165) is 6.42 Å². The molecular weight excluding hydrogens is 324 g/mol. The van der Waals surface area contributed by atoms with Gasteiger partial charge in [0.2, 0.25) is 5.91 Å². The molecule has 2 aromatic carbocycles. The Morgan fingerprint density at radius 1 is 1.04 bits per heavy atom. The zero-order valence-corrected chi connectivity index (χ0v) is 16.4. The van der Waals surface area contributed by atoms with Gasteiger partial charge in [-0.3, -0.25) is 10.1 Å². The number of ether oxygens (including phenoxy) is 1. The third-order valence-electron chi connectivity index (χ3n) is 4.60. The predicted molar refractivity (Wildman–Crippen MR) is 108 cm³/mol. The van der Waals surface area contributed by atoms with E-state index in [1.165, 1.54) is 11.1 Å². The molecule has 0 saturated heterocycles. The summed E-state index contributed by atoms with van der Waals surface area (Å²) < 4.78 is 5.30. The van der Waals surface area contributed by atoms with Crippen molar-refractivity contribution in [1.29, 1.82) is 0 Å². The maximum Gasteiger partial charge on any atom is 0.241 e. The smallest absolute Gasteiger partial charge is 0.241 e. The van der Waals surface area contributed by atoms with Crippen LogP contribution in [-0.2, 0) is 11.2 Å². The molecule has 140 valence electrons. The van der Waals surface area contributed by atoms with Crippen molar-refractivity contribution in [1.82, 2.24) is 5.32 Å². The minimum atomic E-state index is -0.335. The molecule has 1 amide bonds. The molecule has 2 atom stereocenters. The third kappa shape index (κ3) is 5.09. The summed E-state index contributed by atoms with van der Waals surface area (Å²) in [6, 6.07) is 15.8. The second-order valence-corrected chi connectivity index (χ2v) is 6.89. The molecule has 2 N–H and O–H groups in total. The van der Waals surface area contributed by atoms with E-state index in [9.17, 15) is 4.79 Å². The standard InChI is InChI=1S/C22H30N2O2/c1-6-17-11-13-18(14-12-17)21(15(2)3)23-16(4)22(25)24-19-9-7-8-10-20(19)26-5/h7-16,21,23H,6H2,1-5H3,(H,24,25)/t16-,21+/m1/s1. The maximum atomic E-state index is 12.6. The summed E-state index contributed by atoms with van der Waals surface area (Å²) in [5, 5.41) is 6.42. The van der Waals surface area contributed by atoms with Crippen LogP contribution < -0.4 is 15.4 Å². The number of anilines is 1. The molecule has 0 fully saturated rings. The van der Waals surface area contributed by atoms with Crippen LogP contribution in [0.25, 0.3) is 0 Å². The van der Waals surface area contributed by atoms with Gasteiger partial charge in [0.1, 0.15) is 5.75 Å². The summed E-state index contributed by atoms with van der Waals surface area (Å²) in [5.74, 6) is 0.943. The number of rotatable bonds is 8. The van der Waals surface area contributed by atoms with E-state index < -0.39 is 0 Å². The van der Waals surface area contributed by atoms with Gasteiger partial charge < -0.3 is 10.1 Å². The minimum Gasteiger partial charge on any atom is -0.495 e. The summed E-state index contributed by atoms with van der Waals surface area (Å²) in [7, 11) is 1.60. The molecule has 0 saturated carbocycles. The first-order valence-corrected chi connectivity index (χ1v) is 9.25. The second-order valence-electron chi connectivity index (χ2n) is 6.89. The molecule has 0 aromatic heterocycles. The Labute approximate surface area is 157 Å². The highest BCUT2D eigenvalue weighted by Crippen LogP contribution is 2.25. The number of carbonyl (C=O) groups excluding carboxylic acids is 1. The molecule has 26 heavy (non-hydrogen) atoms. The van der Waals surface area contributed by atoms with Crippen LogP contribution in [0.15, 0.2) is 48.5 Å². The molecule has 0 aliphatic rings. The molecular formula is C22H30N2O2. The lowest BCUT2D eigenvalue weighted by atomic mass is 9.94. The van der Waals surface area contributed by atoms with Crippen molar-refractivity contribution in [2.24, 2.45) is 5.92 Å². The van der Waals surface area contributed by atoms with Gasteiger partial charge in [0.25, 0.3) is 0 Å². The van der Waals surface area contributed by atoms with Crippen LogP contribution >= 0.6 is 0 Å². The van der Waals surface area contributed by atoms with E-state index in [1.54, 1.807) is 7.11 Å². The van der Waals surface area contributed by atoms with Crippen molar-refractivity contribution in [2.45, 2.75) is 46.2 Å². The highest BCUT2D eigenvalue weighted by Gasteiger charge is 2.22. The van der Waals surface area contributed by atoms with Gasteiger partial charge in [0.15, 0.2) is 0 Å². The van der Waals surface area contributed by atoms with Gasteiger partial charge >= 0.3 is 0 Å².